The van der Waals surface area contributed by atoms with Gasteiger partial charge in [0.05, 0.1) is 4.47 Å². The van der Waals surface area contributed by atoms with Gasteiger partial charge < -0.3 is 15.2 Å². The van der Waals surface area contributed by atoms with Gasteiger partial charge >= 0.3 is 0 Å². The lowest BCUT2D eigenvalue weighted by molar-refractivity contribution is 0.173. The third kappa shape index (κ3) is 3.20. The Labute approximate surface area is 134 Å². The number of halogens is 1. The average Bonchev–Trinajstić information content (AvgIpc) is 3.20. The Morgan fingerprint density at radius 2 is 2.19 bits per heavy atom. The Morgan fingerprint density at radius 3 is 2.86 bits per heavy atom. The van der Waals surface area contributed by atoms with E-state index in [-0.39, 0.29) is 6.04 Å². The van der Waals surface area contributed by atoms with Crippen molar-refractivity contribution >= 4 is 15.9 Å². The van der Waals surface area contributed by atoms with Crippen molar-refractivity contribution in [3.8, 4) is 11.5 Å². The van der Waals surface area contributed by atoms with E-state index in [9.17, 15) is 0 Å². The van der Waals surface area contributed by atoms with Gasteiger partial charge in [0.25, 0.3) is 0 Å². The summed E-state index contributed by atoms with van der Waals surface area (Å²) in [5.41, 5.74) is 7.33. The molecular weight excluding hydrogens is 332 g/mol. The molecule has 1 saturated carbocycles. The van der Waals surface area contributed by atoms with Gasteiger partial charge in [-0.1, -0.05) is 13.3 Å². The number of nitrogens with two attached hydrogens (primary N) is 1. The molecule has 1 fully saturated rings. The smallest absolute Gasteiger partial charge is 0.231 e. The molecule has 1 atom stereocenters. The fourth-order valence-corrected chi connectivity index (χ4v) is 3.56. The molecule has 1 aliphatic carbocycles. The molecule has 5 heteroatoms. The van der Waals surface area contributed by atoms with Crippen LogP contribution in [0.1, 0.15) is 44.2 Å². The van der Waals surface area contributed by atoms with Gasteiger partial charge in [0.1, 0.15) is 0 Å². The monoisotopic (exact) mass is 354 g/mol. The third-order valence-corrected chi connectivity index (χ3v) is 4.83. The van der Waals surface area contributed by atoms with Crippen molar-refractivity contribution in [3.63, 3.8) is 0 Å². The largest absolute Gasteiger partial charge is 0.454 e. The molecule has 0 saturated heterocycles. The lowest BCUT2D eigenvalue weighted by atomic mass is 10.0. The summed E-state index contributed by atoms with van der Waals surface area (Å²) in [5, 5.41) is 0. The summed E-state index contributed by atoms with van der Waals surface area (Å²) in [7, 11) is 0. The van der Waals surface area contributed by atoms with E-state index >= 15 is 0 Å². The fraction of sp³-hybridized carbons (Fsp3) is 0.625. The van der Waals surface area contributed by atoms with Crippen molar-refractivity contribution in [1.29, 1.82) is 0 Å². The molecule has 4 nitrogen and oxygen atoms in total. The molecule has 0 bridgehead atoms. The predicted octanol–water partition coefficient (Wildman–Crippen LogP) is 3.44. The molecule has 0 aromatic heterocycles. The van der Waals surface area contributed by atoms with Crippen LogP contribution >= 0.6 is 15.9 Å². The Kier molecular flexibility index (Phi) is 4.72. The van der Waals surface area contributed by atoms with Crippen molar-refractivity contribution in [1.82, 2.24) is 4.90 Å². The van der Waals surface area contributed by atoms with Gasteiger partial charge in [-0.2, -0.15) is 0 Å². The highest BCUT2D eigenvalue weighted by atomic mass is 79.9. The SMILES string of the molecule is CCCCN(C1CC1)C(CN)c1cc(Br)c2c(c1)OCO2. The Balaban J connectivity index is 1.86. The van der Waals surface area contributed by atoms with Gasteiger partial charge in [0.15, 0.2) is 11.5 Å². The van der Waals surface area contributed by atoms with Crippen molar-refractivity contribution in [3.05, 3.63) is 22.2 Å². The van der Waals surface area contributed by atoms with Gasteiger partial charge in [0.2, 0.25) is 6.79 Å². The van der Waals surface area contributed by atoms with E-state index in [1.807, 2.05) is 0 Å². The molecule has 1 heterocycles. The van der Waals surface area contributed by atoms with Gasteiger partial charge in [-0.25, -0.2) is 0 Å². The fourth-order valence-electron chi connectivity index (χ4n) is 2.98. The molecule has 116 valence electrons. The number of benzene rings is 1. The number of nitrogens with zero attached hydrogens (tertiary/aromatic N) is 1. The Bertz CT molecular complexity index is 505. The maximum Gasteiger partial charge on any atom is 0.231 e. The highest BCUT2D eigenvalue weighted by Gasteiger charge is 2.34. The van der Waals surface area contributed by atoms with Gasteiger partial charge in [0, 0.05) is 18.6 Å². The molecule has 2 N–H and O–H groups in total. The molecule has 2 aliphatic rings. The molecule has 0 radical (unpaired) electrons. The van der Waals surface area contributed by atoms with Crippen molar-refractivity contribution in [2.45, 2.75) is 44.7 Å². The highest BCUT2D eigenvalue weighted by molar-refractivity contribution is 9.10. The molecule has 1 aromatic carbocycles. The first-order valence-electron chi connectivity index (χ1n) is 7.79. The van der Waals surface area contributed by atoms with Gasteiger partial charge in [-0.05, 0) is 59.4 Å². The number of rotatable bonds is 7. The second-order valence-electron chi connectivity index (χ2n) is 5.81. The number of hydrogen-bond acceptors (Lipinski definition) is 4. The van der Waals surface area contributed by atoms with E-state index < -0.39 is 0 Å². The van der Waals surface area contributed by atoms with Crippen molar-refractivity contribution in [2.75, 3.05) is 19.9 Å². The second-order valence-corrected chi connectivity index (χ2v) is 6.66. The van der Waals surface area contributed by atoms with Crippen LogP contribution in [0.15, 0.2) is 16.6 Å². The summed E-state index contributed by atoms with van der Waals surface area (Å²) in [6, 6.07) is 5.18. The summed E-state index contributed by atoms with van der Waals surface area (Å²) in [5.74, 6) is 1.63. The summed E-state index contributed by atoms with van der Waals surface area (Å²) >= 11 is 3.59. The molecule has 0 spiro atoms. The number of hydrogen-bond donors (Lipinski definition) is 1. The Hall–Kier alpha value is -0.780. The van der Waals surface area contributed by atoms with E-state index in [2.05, 4.69) is 39.9 Å². The quantitative estimate of drug-likeness (QED) is 0.814. The van der Waals surface area contributed by atoms with Crippen LogP contribution in [0.5, 0.6) is 11.5 Å². The molecule has 3 rings (SSSR count). The van der Waals surface area contributed by atoms with Crippen LogP contribution in [-0.2, 0) is 0 Å². The summed E-state index contributed by atoms with van der Waals surface area (Å²) in [6.45, 7) is 4.29. The molecule has 0 amide bonds. The van der Waals surface area contributed by atoms with Crippen LogP contribution in [0.25, 0.3) is 0 Å². The van der Waals surface area contributed by atoms with Crippen LogP contribution in [0, 0.1) is 0 Å². The van der Waals surface area contributed by atoms with E-state index in [1.54, 1.807) is 0 Å². The molecule has 1 aromatic rings. The zero-order valence-corrected chi connectivity index (χ0v) is 14.1. The van der Waals surface area contributed by atoms with Crippen molar-refractivity contribution in [2.24, 2.45) is 5.73 Å². The molecule has 1 aliphatic heterocycles. The standard InChI is InChI=1S/C16H23BrN2O2/c1-2-3-6-19(12-4-5-12)14(9-18)11-7-13(17)16-15(8-11)20-10-21-16/h7-8,12,14H,2-6,9-10,18H2,1H3. The van der Waals surface area contributed by atoms with Crippen LogP contribution in [-0.4, -0.2) is 30.8 Å². The lowest BCUT2D eigenvalue weighted by Crippen LogP contribution is -2.36. The number of unbranched alkanes of at least 4 members (excludes halogenated alkanes) is 1. The molecular formula is C16H23BrN2O2. The maximum absolute atomic E-state index is 6.11. The van der Waals surface area contributed by atoms with Gasteiger partial charge in [-0.15, -0.1) is 0 Å². The Morgan fingerprint density at radius 1 is 1.38 bits per heavy atom. The first-order chi connectivity index (χ1) is 10.2. The minimum absolute atomic E-state index is 0.259. The maximum atomic E-state index is 6.11. The van der Waals surface area contributed by atoms with Crippen LogP contribution in [0.4, 0.5) is 0 Å². The normalized spacial score (nSPS) is 18.3. The van der Waals surface area contributed by atoms with Crippen LogP contribution in [0.2, 0.25) is 0 Å². The topological polar surface area (TPSA) is 47.7 Å². The lowest BCUT2D eigenvalue weighted by Gasteiger charge is -2.31. The van der Waals surface area contributed by atoms with E-state index in [1.165, 1.54) is 31.2 Å². The van der Waals surface area contributed by atoms with E-state index in [4.69, 9.17) is 15.2 Å². The first-order valence-corrected chi connectivity index (χ1v) is 8.58. The zero-order chi connectivity index (χ0) is 14.8. The zero-order valence-electron chi connectivity index (χ0n) is 12.5. The third-order valence-electron chi connectivity index (χ3n) is 4.24. The minimum atomic E-state index is 0.259. The van der Waals surface area contributed by atoms with E-state index in [0.29, 0.717) is 19.4 Å². The average molecular weight is 355 g/mol. The second kappa shape index (κ2) is 6.55. The summed E-state index contributed by atoms with van der Waals surface area (Å²) in [4.78, 5) is 2.58. The van der Waals surface area contributed by atoms with Crippen LogP contribution < -0.4 is 15.2 Å². The van der Waals surface area contributed by atoms with Crippen molar-refractivity contribution < 1.29 is 9.47 Å². The highest BCUT2D eigenvalue weighted by Crippen LogP contribution is 2.43. The summed E-state index contributed by atoms with van der Waals surface area (Å²) in [6.07, 6.45) is 5.03. The predicted molar refractivity (Wildman–Crippen MR) is 86.7 cm³/mol. The number of ether oxygens (including phenoxy) is 2. The summed E-state index contributed by atoms with van der Waals surface area (Å²) < 4.78 is 12.0. The van der Waals surface area contributed by atoms with E-state index in [0.717, 1.165) is 22.5 Å². The van der Waals surface area contributed by atoms with Gasteiger partial charge in [-0.3, -0.25) is 4.90 Å². The first kappa shape index (κ1) is 15.1. The molecule has 21 heavy (non-hydrogen) atoms. The van der Waals surface area contributed by atoms with Crippen LogP contribution in [0.3, 0.4) is 0 Å². The molecule has 1 unspecified atom stereocenters. The number of fused-ring (bicyclic) bond motifs is 1. The minimum Gasteiger partial charge on any atom is -0.454 e.